The molecule has 2 rings (SSSR count). The van der Waals surface area contributed by atoms with E-state index in [4.69, 9.17) is 22.1 Å². The van der Waals surface area contributed by atoms with Crippen molar-refractivity contribution in [3.8, 4) is 16.9 Å². The van der Waals surface area contributed by atoms with Gasteiger partial charge in [-0.15, -0.1) is 0 Å². The molecule has 0 heterocycles. The molecule has 3 heteroatoms. The van der Waals surface area contributed by atoms with Crippen molar-refractivity contribution in [1.29, 1.82) is 0 Å². The molecule has 0 saturated carbocycles. The fourth-order valence-electron chi connectivity index (χ4n) is 1.85. The van der Waals surface area contributed by atoms with Gasteiger partial charge < -0.3 is 10.5 Å². The van der Waals surface area contributed by atoms with Crippen LogP contribution >= 0.6 is 11.6 Å². The molecule has 88 valence electrons. The molecule has 0 fully saturated rings. The third-order valence-corrected chi connectivity index (χ3v) is 3.07. The van der Waals surface area contributed by atoms with Gasteiger partial charge in [-0.05, 0) is 41.8 Å². The molecule has 2 nitrogen and oxygen atoms in total. The summed E-state index contributed by atoms with van der Waals surface area (Å²) in [7, 11) is 1.62. The lowest BCUT2D eigenvalue weighted by Gasteiger charge is -2.12. The third kappa shape index (κ3) is 2.22. The van der Waals surface area contributed by atoms with Crippen LogP contribution in [0.5, 0.6) is 5.75 Å². The minimum Gasteiger partial charge on any atom is -0.495 e. The Balaban J connectivity index is 2.57. The zero-order chi connectivity index (χ0) is 12.4. The number of benzene rings is 2. The molecule has 0 aliphatic heterocycles. The van der Waals surface area contributed by atoms with Gasteiger partial charge in [0.1, 0.15) is 5.75 Å². The Morgan fingerprint density at radius 3 is 2.59 bits per heavy atom. The summed E-state index contributed by atoms with van der Waals surface area (Å²) in [5.74, 6) is 0.702. The predicted octanol–water partition coefficient (Wildman–Crippen LogP) is 3.91. The van der Waals surface area contributed by atoms with Crippen molar-refractivity contribution >= 4 is 17.3 Å². The summed E-state index contributed by atoms with van der Waals surface area (Å²) in [4.78, 5) is 0. The van der Waals surface area contributed by atoms with Gasteiger partial charge in [0, 0.05) is 5.02 Å². The minimum atomic E-state index is 0.671. The molecule has 0 aromatic heterocycles. The van der Waals surface area contributed by atoms with E-state index in [1.54, 1.807) is 7.11 Å². The van der Waals surface area contributed by atoms with Crippen LogP contribution in [0.1, 0.15) is 5.56 Å². The number of anilines is 1. The van der Waals surface area contributed by atoms with Crippen LogP contribution in [0.15, 0.2) is 36.4 Å². The first-order valence-electron chi connectivity index (χ1n) is 5.32. The van der Waals surface area contributed by atoms with Crippen LogP contribution in [0.4, 0.5) is 5.69 Å². The molecular formula is C14H14ClNO. The summed E-state index contributed by atoms with van der Waals surface area (Å²) in [6.07, 6.45) is 0. The van der Waals surface area contributed by atoms with Crippen molar-refractivity contribution in [2.24, 2.45) is 0 Å². The van der Waals surface area contributed by atoms with Crippen LogP contribution in [0.2, 0.25) is 5.02 Å². The molecule has 0 radical (unpaired) electrons. The first kappa shape index (κ1) is 11.8. The SMILES string of the molecule is COc1ccc(-c2cccc(Cl)c2)c(C)c1N. The standard InChI is InChI=1S/C14H14ClNO/c1-9-12(6-7-13(17-2)14(9)16)10-4-3-5-11(15)8-10/h3-8H,16H2,1-2H3. The van der Waals surface area contributed by atoms with Crippen molar-refractivity contribution in [3.05, 3.63) is 47.0 Å². The van der Waals surface area contributed by atoms with Gasteiger partial charge in [0.05, 0.1) is 12.8 Å². The van der Waals surface area contributed by atoms with Gasteiger partial charge in [-0.25, -0.2) is 0 Å². The van der Waals surface area contributed by atoms with Gasteiger partial charge in [-0.2, -0.15) is 0 Å². The fourth-order valence-corrected chi connectivity index (χ4v) is 2.04. The largest absolute Gasteiger partial charge is 0.495 e. The monoisotopic (exact) mass is 247 g/mol. The Bertz CT molecular complexity index is 552. The molecule has 2 aromatic carbocycles. The summed E-state index contributed by atoms with van der Waals surface area (Å²) in [6.45, 7) is 1.98. The van der Waals surface area contributed by atoms with Crippen LogP contribution in [0.25, 0.3) is 11.1 Å². The average Bonchev–Trinajstić information content (AvgIpc) is 2.32. The smallest absolute Gasteiger partial charge is 0.142 e. The Kier molecular flexibility index (Phi) is 3.25. The summed E-state index contributed by atoms with van der Waals surface area (Å²) in [5, 5.41) is 0.719. The predicted molar refractivity (Wildman–Crippen MR) is 72.6 cm³/mol. The fraction of sp³-hybridized carbons (Fsp3) is 0.143. The average molecular weight is 248 g/mol. The van der Waals surface area contributed by atoms with Crippen molar-refractivity contribution in [3.63, 3.8) is 0 Å². The molecule has 17 heavy (non-hydrogen) atoms. The maximum absolute atomic E-state index is 6.01. The lowest BCUT2D eigenvalue weighted by molar-refractivity contribution is 0.417. The van der Waals surface area contributed by atoms with E-state index < -0.39 is 0 Å². The maximum atomic E-state index is 6.01. The summed E-state index contributed by atoms with van der Waals surface area (Å²) in [5.41, 5.74) is 9.82. The highest BCUT2D eigenvalue weighted by atomic mass is 35.5. The number of hydrogen-bond donors (Lipinski definition) is 1. The summed E-state index contributed by atoms with van der Waals surface area (Å²) in [6, 6.07) is 11.6. The lowest BCUT2D eigenvalue weighted by atomic mass is 9.99. The Morgan fingerprint density at radius 1 is 1.18 bits per heavy atom. The molecule has 0 amide bonds. The van der Waals surface area contributed by atoms with Crippen molar-refractivity contribution in [2.45, 2.75) is 6.92 Å². The quantitative estimate of drug-likeness (QED) is 0.817. The van der Waals surface area contributed by atoms with Gasteiger partial charge >= 0.3 is 0 Å². The molecule has 0 aliphatic carbocycles. The van der Waals surface area contributed by atoms with Gasteiger partial charge in [0.15, 0.2) is 0 Å². The summed E-state index contributed by atoms with van der Waals surface area (Å²) >= 11 is 5.99. The molecule has 0 spiro atoms. The number of ether oxygens (including phenoxy) is 1. The second kappa shape index (κ2) is 4.68. The molecule has 2 aromatic rings. The van der Waals surface area contributed by atoms with Crippen molar-refractivity contribution < 1.29 is 4.74 Å². The highest BCUT2D eigenvalue weighted by Crippen LogP contribution is 2.34. The Labute approximate surface area is 106 Å². The molecule has 0 saturated heterocycles. The number of hydrogen-bond acceptors (Lipinski definition) is 2. The Morgan fingerprint density at radius 2 is 1.94 bits per heavy atom. The van der Waals surface area contributed by atoms with E-state index in [1.807, 2.05) is 43.3 Å². The van der Waals surface area contributed by atoms with Crippen LogP contribution in [0.3, 0.4) is 0 Å². The van der Waals surface area contributed by atoms with E-state index >= 15 is 0 Å². The molecule has 0 atom stereocenters. The lowest BCUT2D eigenvalue weighted by Crippen LogP contribution is -1.97. The van der Waals surface area contributed by atoms with E-state index in [9.17, 15) is 0 Å². The Hall–Kier alpha value is -1.67. The first-order valence-corrected chi connectivity index (χ1v) is 5.70. The molecule has 0 aliphatic rings. The minimum absolute atomic E-state index is 0.671. The number of nitrogen functional groups attached to an aromatic ring is 1. The second-order valence-corrected chi connectivity index (χ2v) is 4.30. The van der Waals surface area contributed by atoms with E-state index in [2.05, 4.69) is 0 Å². The number of methoxy groups -OCH3 is 1. The third-order valence-electron chi connectivity index (χ3n) is 2.83. The number of nitrogens with two attached hydrogens (primary N) is 1. The van der Waals surface area contributed by atoms with Gasteiger partial charge in [-0.1, -0.05) is 29.8 Å². The van der Waals surface area contributed by atoms with Crippen LogP contribution < -0.4 is 10.5 Å². The summed E-state index contributed by atoms with van der Waals surface area (Å²) < 4.78 is 5.19. The van der Waals surface area contributed by atoms with E-state index in [1.165, 1.54) is 0 Å². The van der Waals surface area contributed by atoms with Crippen LogP contribution in [-0.4, -0.2) is 7.11 Å². The molecule has 0 unspecified atom stereocenters. The number of halogens is 1. The van der Waals surface area contributed by atoms with E-state index in [0.717, 1.165) is 21.7 Å². The first-order chi connectivity index (χ1) is 8.13. The van der Waals surface area contributed by atoms with E-state index in [-0.39, 0.29) is 0 Å². The van der Waals surface area contributed by atoms with Crippen LogP contribution in [-0.2, 0) is 0 Å². The highest BCUT2D eigenvalue weighted by molar-refractivity contribution is 6.30. The number of rotatable bonds is 2. The normalized spacial score (nSPS) is 10.3. The molecular weight excluding hydrogens is 234 g/mol. The van der Waals surface area contributed by atoms with Gasteiger partial charge in [0.25, 0.3) is 0 Å². The highest BCUT2D eigenvalue weighted by Gasteiger charge is 2.09. The van der Waals surface area contributed by atoms with Gasteiger partial charge in [0.2, 0.25) is 0 Å². The zero-order valence-electron chi connectivity index (χ0n) is 9.83. The van der Waals surface area contributed by atoms with Gasteiger partial charge in [-0.3, -0.25) is 0 Å². The van der Waals surface area contributed by atoms with E-state index in [0.29, 0.717) is 11.4 Å². The zero-order valence-corrected chi connectivity index (χ0v) is 10.6. The topological polar surface area (TPSA) is 35.2 Å². The maximum Gasteiger partial charge on any atom is 0.142 e. The van der Waals surface area contributed by atoms with Crippen molar-refractivity contribution in [1.82, 2.24) is 0 Å². The second-order valence-electron chi connectivity index (χ2n) is 3.86. The molecule has 2 N–H and O–H groups in total. The molecule has 0 bridgehead atoms. The van der Waals surface area contributed by atoms with Crippen LogP contribution in [0, 0.1) is 6.92 Å². The van der Waals surface area contributed by atoms with Crippen molar-refractivity contribution in [2.75, 3.05) is 12.8 Å².